The summed E-state index contributed by atoms with van der Waals surface area (Å²) in [6.45, 7) is 3.81. The lowest BCUT2D eigenvalue weighted by Gasteiger charge is -2.18. The van der Waals surface area contributed by atoms with Gasteiger partial charge in [-0.25, -0.2) is 9.78 Å². The van der Waals surface area contributed by atoms with Crippen LogP contribution in [0.15, 0.2) is 54.7 Å². The number of benzene rings is 2. The van der Waals surface area contributed by atoms with Gasteiger partial charge in [0.1, 0.15) is 17.3 Å². The maximum absolute atomic E-state index is 12.8. The van der Waals surface area contributed by atoms with Crippen LogP contribution in [0.25, 0.3) is 11.4 Å². The molecule has 0 radical (unpaired) electrons. The first kappa shape index (κ1) is 24.0. The Morgan fingerprint density at radius 3 is 2.52 bits per heavy atom. The molecule has 1 aromatic heterocycles. The molecular formula is C25H29N3O5. The highest BCUT2D eigenvalue weighted by Crippen LogP contribution is 2.22. The topological polar surface area (TPSA) is 103 Å². The van der Waals surface area contributed by atoms with Gasteiger partial charge in [0.2, 0.25) is 0 Å². The Morgan fingerprint density at radius 1 is 1.15 bits per heavy atom. The number of aromatic nitrogens is 2. The molecule has 3 rings (SSSR count). The summed E-state index contributed by atoms with van der Waals surface area (Å²) in [4.78, 5) is 28.8. The highest BCUT2D eigenvalue weighted by molar-refractivity contribution is 5.93. The van der Waals surface area contributed by atoms with Crippen LogP contribution in [-0.4, -0.2) is 45.9 Å². The van der Waals surface area contributed by atoms with Gasteiger partial charge in [0, 0.05) is 31.1 Å². The van der Waals surface area contributed by atoms with E-state index in [1.807, 2.05) is 36.4 Å². The van der Waals surface area contributed by atoms with Crippen LogP contribution in [-0.2, 0) is 29.5 Å². The Morgan fingerprint density at radius 2 is 1.88 bits per heavy atom. The van der Waals surface area contributed by atoms with Gasteiger partial charge in [-0.2, -0.15) is 0 Å². The normalized spacial score (nSPS) is 11.9. The van der Waals surface area contributed by atoms with Gasteiger partial charge in [-0.3, -0.25) is 4.79 Å². The number of methoxy groups -OCH3 is 1. The lowest BCUT2D eigenvalue weighted by molar-refractivity contribution is -0.153. The van der Waals surface area contributed by atoms with Crippen molar-refractivity contribution in [1.82, 2.24) is 14.9 Å². The summed E-state index contributed by atoms with van der Waals surface area (Å²) in [5, 5.41) is 12.4. The zero-order valence-corrected chi connectivity index (χ0v) is 19.2. The van der Waals surface area contributed by atoms with Crippen LogP contribution in [0.5, 0.6) is 5.75 Å². The quantitative estimate of drug-likeness (QED) is 0.490. The van der Waals surface area contributed by atoms with Gasteiger partial charge in [-0.15, -0.1) is 0 Å². The summed E-state index contributed by atoms with van der Waals surface area (Å²) in [5.74, 6) is 0.0156. The lowest BCUT2D eigenvalue weighted by Crippen LogP contribution is -2.29. The molecule has 0 aliphatic rings. The third kappa shape index (κ3) is 5.98. The SMILES string of the molecule is COc1ccc(CC(OC(C)C)C(=O)O)cc1CNC(=O)c1cnc(-c2ccccc2)n1C. The number of ether oxygens (including phenoxy) is 2. The van der Waals surface area contributed by atoms with Crippen molar-refractivity contribution in [2.75, 3.05) is 7.11 Å². The molecule has 33 heavy (non-hydrogen) atoms. The predicted molar refractivity (Wildman–Crippen MR) is 124 cm³/mol. The number of rotatable bonds is 10. The van der Waals surface area contributed by atoms with E-state index >= 15 is 0 Å². The Balaban J connectivity index is 1.74. The van der Waals surface area contributed by atoms with E-state index in [4.69, 9.17) is 9.47 Å². The van der Waals surface area contributed by atoms with Crippen molar-refractivity contribution in [3.8, 4) is 17.1 Å². The largest absolute Gasteiger partial charge is 0.496 e. The number of amides is 1. The summed E-state index contributed by atoms with van der Waals surface area (Å²) in [7, 11) is 3.35. The molecule has 3 aromatic rings. The van der Waals surface area contributed by atoms with Crippen LogP contribution in [0.4, 0.5) is 0 Å². The molecule has 0 fully saturated rings. The highest BCUT2D eigenvalue weighted by atomic mass is 16.5. The number of hydrogen-bond acceptors (Lipinski definition) is 5. The molecule has 0 saturated carbocycles. The van der Waals surface area contributed by atoms with Crippen LogP contribution in [0.3, 0.4) is 0 Å². The number of nitrogens with one attached hydrogen (secondary N) is 1. The molecule has 1 heterocycles. The molecule has 0 spiro atoms. The van der Waals surface area contributed by atoms with Gasteiger partial charge in [0.15, 0.2) is 6.10 Å². The first-order valence-corrected chi connectivity index (χ1v) is 10.7. The Hall–Kier alpha value is -3.65. The summed E-state index contributed by atoms with van der Waals surface area (Å²) in [6, 6.07) is 15.0. The third-order valence-electron chi connectivity index (χ3n) is 5.17. The van der Waals surface area contributed by atoms with E-state index in [0.29, 0.717) is 17.3 Å². The number of carbonyl (C=O) groups excluding carboxylic acids is 1. The second-order valence-corrected chi connectivity index (χ2v) is 7.94. The zero-order valence-electron chi connectivity index (χ0n) is 19.2. The maximum Gasteiger partial charge on any atom is 0.333 e. The van der Waals surface area contributed by atoms with Gasteiger partial charge in [-0.05, 0) is 25.5 Å². The van der Waals surface area contributed by atoms with Gasteiger partial charge in [0.25, 0.3) is 5.91 Å². The minimum atomic E-state index is -1.01. The zero-order chi connectivity index (χ0) is 24.0. The first-order valence-electron chi connectivity index (χ1n) is 10.7. The fourth-order valence-corrected chi connectivity index (χ4v) is 3.58. The van der Waals surface area contributed by atoms with Crippen molar-refractivity contribution in [1.29, 1.82) is 0 Å². The average molecular weight is 452 g/mol. The molecule has 8 heteroatoms. The van der Waals surface area contributed by atoms with Gasteiger partial charge in [-0.1, -0.05) is 42.5 Å². The van der Waals surface area contributed by atoms with Crippen molar-refractivity contribution in [2.45, 2.75) is 39.0 Å². The summed E-state index contributed by atoms with van der Waals surface area (Å²) >= 11 is 0. The number of aliphatic carboxylic acids is 1. The van der Waals surface area contributed by atoms with Crippen LogP contribution in [0.1, 0.15) is 35.5 Å². The molecule has 1 amide bonds. The monoisotopic (exact) mass is 451 g/mol. The van der Waals surface area contributed by atoms with E-state index in [1.54, 1.807) is 50.9 Å². The minimum Gasteiger partial charge on any atom is -0.496 e. The van der Waals surface area contributed by atoms with Crippen LogP contribution in [0, 0.1) is 0 Å². The smallest absolute Gasteiger partial charge is 0.333 e. The molecule has 174 valence electrons. The van der Waals surface area contributed by atoms with E-state index in [2.05, 4.69) is 10.3 Å². The molecule has 2 N–H and O–H groups in total. The molecule has 0 saturated heterocycles. The Bertz CT molecular complexity index is 1110. The molecular weight excluding hydrogens is 422 g/mol. The van der Waals surface area contributed by atoms with Crippen molar-refractivity contribution < 1.29 is 24.2 Å². The molecule has 1 unspecified atom stereocenters. The molecule has 0 bridgehead atoms. The second kappa shape index (κ2) is 10.8. The maximum atomic E-state index is 12.8. The standard InChI is InChI=1S/C25H29N3O5/c1-16(2)33-22(25(30)31)13-17-10-11-21(32-4)19(12-17)14-27-24(29)20-15-26-23(28(20)3)18-8-6-5-7-9-18/h5-12,15-16,22H,13-14H2,1-4H3,(H,27,29)(H,30,31). The van der Waals surface area contributed by atoms with E-state index in [-0.39, 0.29) is 25.0 Å². The molecule has 0 aliphatic carbocycles. The molecule has 0 aliphatic heterocycles. The van der Waals surface area contributed by atoms with Crippen LogP contribution < -0.4 is 10.1 Å². The second-order valence-electron chi connectivity index (χ2n) is 7.94. The fraction of sp³-hybridized carbons (Fsp3) is 0.320. The van der Waals surface area contributed by atoms with Crippen molar-refractivity contribution in [2.24, 2.45) is 7.05 Å². The van der Waals surface area contributed by atoms with E-state index in [1.165, 1.54) is 0 Å². The Kier molecular flexibility index (Phi) is 7.84. The molecule has 8 nitrogen and oxygen atoms in total. The highest BCUT2D eigenvalue weighted by Gasteiger charge is 2.21. The van der Waals surface area contributed by atoms with Crippen molar-refractivity contribution in [3.63, 3.8) is 0 Å². The van der Waals surface area contributed by atoms with Gasteiger partial charge >= 0.3 is 5.97 Å². The number of carboxylic acid groups (broad SMARTS) is 1. The number of nitrogens with zero attached hydrogens (tertiary/aromatic N) is 2. The third-order valence-corrected chi connectivity index (χ3v) is 5.17. The number of carboxylic acids is 1. The van der Waals surface area contributed by atoms with Crippen molar-refractivity contribution >= 4 is 11.9 Å². The van der Waals surface area contributed by atoms with Crippen LogP contribution in [0.2, 0.25) is 0 Å². The summed E-state index contributed by atoms with van der Waals surface area (Å²) in [5.41, 5.74) is 2.87. The molecule has 1 atom stereocenters. The number of hydrogen-bond donors (Lipinski definition) is 2. The number of carbonyl (C=O) groups is 2. The minimum absolute atomic E-state index is 0.206. The van der Waals surface area contributed by atoms with Crippen LogP contribution >= 0.6 is 0 Å². The average Bonchev–Trinajstić information content (AvgIpc) is 3.18. The van der Waals surface area contributed by atoms with E-state index in [0.717, 1.165) is 16.7 Å². The van der Waals surface area contributed by atoms with Crippen molar-refractivity contribution in [3.05, 3.63) is 71.5 Å². The number of imidazole rings is 1. The first-order chi connectivity index (χ1) is 15.8. The lowest BCUT2D eigenvalue weighted by atomic mass is 10.0. The fourth-order valence-electron chi connectivity index (χ4n) is 3.58. The Labute approximate surface area is 193 Å². The van der Waals surface area contributed by atoms with E-state index in [9.17, 15) is 14.7 Å². The predicted octanol–water partition coefficient (Wildman–Crippen LogP) is 3.45. The molecule has 2 aromatic carbocycles. The van der Waals surface area contributed by atoms with Gasteiger partial charge < -0.3 is 24.5 Å². The summed E-state index contributed by atoms with van der Waals surface area (Å²) < 4.78 is 12.7. The van der Waals surface area contributed by atoms with Gasteiger partial charge in [0.05, 0.1) is 19.4 Å². The van der Waals surface area contributed by atoms with E-state index < -0.39 is 12.1 Å². The summed E-state index contributed by atoms with van der Waals surface area (Å²) in [6.07, 6.45) is 0.599.